The summed E-state index contributed by atoms with van der Waals surface area (Å²) >= 11 is 0. The van der Waals surface area contributed by atoms with Gasteiger partial charge >= 0.3 is 0 Å². The van der Waals surface area contributed by atoms with E-state index in [4.69, 9.17) is 9.47 Å². The molecular weight excluding hydrogens is 256 g/mol. The predicted molar refractivity (Wildman–Crippen MR) is 76.9 cm³/mol. The van der Waals surface area contributed by atoms with E-state index in [2.05, 4.69) is 10.3 Å². The molecule has 1 aliphatic carbocycles. The van der Waals surface area contributed by atoms with Gasteiger partial charge in [-0.2, -0.15) is 0 Å². The lowest BCUT2D eigenvalue weighted by molar-refractivity contribution is -0.141. The summed E-state index contributed by atoms with van der Waals surface area (Å²) in [6.07, 6.45) is 3.69. The molecule has 1 saturated carbocycles. The maximum Gasteiger partial charge on any atom is 0.256 e. The number of hydrogen-bond acceptors (Lipinski definition) is 4. The third-order valence-electron chi connectivity index (χ3n) is 3.73. The van der Waals surface area contributed by atoms with Crippen molar-refractivity contribution in [2.24, 2.45) is 5.92 Å². The van der Waals surface area contributed by atoms with Crippen LogP contribution in [0.3, 0.4) is 0 Å². The summed E-state index contributed by atoms with van der Waals surface area (Å²) in [4.78, 5) is 16.6. The Hall–Kier alpha value is -1.62. The average molecular weight is 278 g/mol. The van der Waals surface area contributed by atoms with Gasteiger partial charge in [0.1, 0.15) is 5.60 Å². The van der Waals surface area contributed by atoms with Crippen LogP contribution in [-0.4, -0.2) is 30.2 Å². The van der Waals surface area contributed by atoms with Gasteiger partial charge in [-0.25, -0.2) is 4.98 Å². The molecule has 1 aliphatic rings. The number of pyridine rings is 1. The molecule has 1 aromatic heterocycles. The smallest absolute Gasteiger partial charge is 0.256 e. The fourth-order valence-electron chi connectivity index (χ4n) is 2.40. The topological polar surface area (TPSA) is 60.5 Å². The van der Waals surface area contributed by atoms with Crippen molar-refractivity contribution in [2.75, 3.05) is 19.0 Å². The molecule has 2 rings (SSSR count). The van der Waals surface area contributed by atoms with Gasteiger partial charge in [-0.05, 0) is 45.6 Å². The molecule has 20 heavy (non-hydrogen) atoms. The highest BCUT2D eigenvalue weighted by atomic mass is 16.5. The highest BCUT2D eigenvalue weighted by Gasteiger charge is 2.48. The molecular formula is C15H22N2O3. The molecule has 0 bridgehead atoms. The Morgan fingerprint density at radius 2 is 2.25 bits per heavy atom. The zero-order valence-corrected chi connectivity index (χ0v) is 12.5. The van der Waals surface area contributed by atoms with Crippen LogP contribution in [0.15, 0.2) is 12.3 Å². The molecule has 0 aliphatic heterocycles. The van der Waals surface area contributed by atoms with Gasteiger partial charge < -0.3 is 14.8 Å². The average Bonchev–Trinajstić information content (AvgIpc) is 3.23. The van der Waals surface area contributed by atoms with Crippen LogP contribution in [0.4, 0.5) is 5.69 Å². The van der Waals surface area contributed by atoms with Crippen LogP contribution in [0.25, 0.3) is 0 Å². The summed E-state index contributed by atoms with van der Waals surface area (Å²) < 4.78 is 10.8. The lowest BCUT2D eigenvalue weighted by Gasteiger charge is -2.28. The fourth-order valence-corrected chi connectivity index (χ4v) is 2.40. The molecule has 1 N–H and O–H groups in total. The normalized spacial score (nSPS) is 17.4. The molecule has 0 saturated heterocycles. The van der Waals surface area contributed by atoms with Gasteiger partial charge in [-0.1, -0.05) is 0 Å². The Morgan fingerprint density at radius 3 is 2.75 bits per heavy atom. The molecule has 1 unspecified atom stereocenters. The maximum atomic E-state index is 12.5. The van der Waals surface area contributed by atoms with Crippen molar-refractivity contribution >= 4 is 11.6 Å². The van der Waals surface area contributed by atoms with Crippen LogP contribution in [0.5, 0.6) is 5.88 Å². The van der Waals surface area contributed by atoms with Crippen LogP contribution in [-0.2, 0) is 9.53 Å². The number of ether oxygens (including phenoxy) is 2. The number of hydrogen-bond donors (Lipinski definition) is 1. The summed E-state index contributed by atoms with van der Waals surface area (Å²) in [6.45, 7) is 6.20. The Kier molecular flexibility index (Phi) is 4.28. The van der Waals surface area contributed by atoms with Crippen LogP contribution < -0.4 is 10.1 Å². The third kappa shape index (κ3) is 2.93. The Bertz CT molecular complexity index is 500. The van der Waals surface area contributed by atoms with E-state index in [0.717, 1.165) is 18.4 Å². The van der Waals surface area contributed by atoms with Crippen molar-refractivity contribution in [3.05, 3.63) is 17.8 Å². The van der Waals surface area contributed by atoms with E-state index < -0.39 is 5.60 Å². The minimum atomic E-state index is -0.747. The van der Waals surface area contributed by atoms with Crippen LogP contribution in [0, 0.1) is 12.8 Å². The number of carbonyl (C=O) groups is 1. The summed E-state index contributed by atoms with van der Waals surface area (Å²) in [6, 6.07) is 1.85. The summed E-state index contributed by atoms with van der Waals surface area (Å²) in [5.74, 6) is 0.778. The molecule has 1 fully saturated rings. The first kappa shape index (κ1) is 14.8. The van der Waals surface area contributed by atoms with Crippen molar-refractivity contribution in [3.8, 4) is 5.88 Å². The number of amides is 1. The highest BCUT2D eigenvalue weighted by Crippen LogP contribution is 2.42. The van der Waals surface area contributed by atoms with Crippen LogP contribution in [0.1, 0.15) is 32.3 Å². The zero-order chi connectivity index (χ0) is 14.8. The number of carbonyl (C=O) groups excluding carboxylic acids is 1. The molecule has 1 atom stereocenters. The number of nitrogens with one attached hydrogen (secondary N) is 1. The van der Waals surface area contributed by atoms with E-state index in [1.54, 1.807) is 13.3 Å². The number of anilines is 1. The standard InChI is InChI=1S/C15H22N2O3/c1-5-20-15(3,11-6-7-11)14(18)17-12-8-10(2)13(19-4)16-9-12/h8-9,11H,5-7H2,1-4H3,(H,17,18). The molecule has 0 aromatic carbocycles. The number of aryl methyl sites for hydroxylation is 1. The number of rotatable bonds is 6. The van der Waals surface area contributed by atoms with Gasteiger partial charge in [-0.15, -0.1) is 0 Å². The second kappa shape index (κ2) is 5.79. The fraction of sp³-hybridized carbons (Fsp3) is 0.600. The van der Waals surface area contributed by atoms with E-state index in [1.165, 1.54) is 0 Å². The summed E-state index contributed by atoms with van der Waals surface area (Å²) in [5.41, 5.74) is 0.803. The van der Waals surface area contributed by atoms with Crippen molar-refractivity contribution in [1.82, 2.24) is 4.98 Å². The first-order chi connectivity index (χ1) is 9.51. The van der Waals surface area contributed by atoms with Crippen molar-refractivity contribution in [3.63, 3.8) is 0 Å². The third-order valence-corrected chi connectivity index (χ3v) is 3.73. The van der Waals surface area contributed by atoms with Gasteiger partial charge in [0.05, 0.1) is 19.0 Å². The van der Waals surface area contributed by atoms with Gasteiger partial charge in [0.2, 0.25) is 5.88 Å². The zero-order valence-electron chi connectivity index (χ0n) is 12.5. The first-order valence-corrected chi connectivity index (χ1v) is 6.97. The number of nitrogens with zero attached hydrogens (tertiary/aromatic N) is 1. The molecule has 5 heteroatoms. The van der Waals surface area contributed by atoms with E-state index >= 15 is 0 Å². The van der Waals surface area contributed by atoms with Crippen LogP contribution in [0.2, 0.25) is 0 Å². The van der Waals surface area contributed by atoms with Crippen molar-refractivity contribution < 1.29 is 14.3 Å². The lowest BCUT2D eigenvalue weighted by atomic mass is 9.99. The second-order valence-corrected chi connectivity index (χ2v) is 5.32. The summed E-state index contributed by atoms with van der Waals surface area (Å²) in [5, 5.41) is 2.90. The Morgan fingerprint density at radius 1 is 1.55 bits per heavy atom. The van der Waals surface area contributed by atoms with E-state index in [1.807, 2.05) is 26.8 Å². The first-order valence-electron chi connectivity index (χ1n) is 6.97. The Balaban J connectivity index is 2.12. The number of aromatic nitrogens is 1. The largest absolute Gasteiger partial charge is 0.481 e. The lowest BCUT2D eigenvalue weighted by Crippen LogP contribution is -2.44. The summed E-state index contributed by atoms with van der Waals surface area (Å²) in [7, 11) is 1.58. The van der Waals surface area contributed by atoms with Gasteiger partial charge in [0.25, 0.3) is 5.91 Å². The van der Waals surface area contributed by atoms with Crippen molar-refractivity contribution in [1.29, 1.82) is 0 Å². The monoisotopic (exact) mass is 278 g/mol. The van der Waals surface area contributed by atoms with E-state index in [0.29, 0.717) is 24.1 Å². The van der Waals surface area contributed by atoms with E-state index in [-0.39, 0.29) is 5.91 Å². The van der Waals surface area contributed by atoms with Gasteiger partial charge in [-0.3, -0.25) is 4.79 Å². The molecule has 1 aromatic rings. The predicted octanol–water partition coefficient (Wildman–Crippen LogP) is 2.54. The second-order valence-electron chi connectivity index (χ2n) is 5.32. The Labute approximate surface area is 119 Å². The molecule has 5 nitrogen and oxygen atoms in total. The molecule has 110 valence electrons. The van der Waals surface area contributed by atoms with Gasteiger partial charge in [0, 0.05) is 12.2 Å². The van der Waals surface area contributed by atoms with Crippen molar-refractivity contribution in [2.45, 2.75) is 39.2 Å². The molecule has 0 radical (unpaired) electrons. The maximum absolute atomic E-state index is 12.5. The highest BCUT2D eigenvalue weighted by molar-refractivity contribution is 5.97. The SMILES string of the molecule is CCOC(C)(C(=O)Nc1cnc(OC)c(C)c1)C1CC1. The molecule has 1 amide bonds. The molecule has 0 spiro atoms. The molecule has 1 heterocycles. The minimum absolute atomic E-state index is 0.104. The quantitative estimate of drug-likeness (QED) is 0.868. The van der Waals surface area contributed by atoms with Crippen LogP contribution >= 0.6 is 0 Å². The van der Waals surface area contributed by atoms with Gasteiger partial charge in [0.15, 0.2) is 0 Å². The van der Waals surface area contributed by atoms with E-state index in [9.17, 15) is 4.79 Å². The number of methoxy groups -OCH3 is 1. The minimum Gasteiger partial charge on any atom is -0.481 e.